The standard InChI is InChI=1S/C13H15ClN4O3/c1-8-12(18(20)21)13(17(2)16-8)15-7-11(19)9-5-3-4-6-10(9)14/h3-6,11,15,19H,7H2,1-2H3. The van der Waals surface area contributed by atoms with Gasteiger partial charge in [0.05, 0.1) is 11.0 Å². The molecule has 0 aliphatic heterocycles. The number of nitrogens with zero attached hydrogens (tertiary/aromatic N) is 3. The van der Waals surface area contributed by atoms with E-state index in [1.54, 1.807) is 38.2 Å². The number of hydrogen-bond acceptors (Lipinski definition) is 5. The Hall–Kier alpha value is -2.12. The largest absolute Gasteiger partial charge is 0.387 e. The SMILES string of the molecule is Cc1nn(C)c(NCC(O)c2ccccc2Cl)c1[N+](=O)[O-]. The first-order valence-corrected chi connectivity index (χ1v) is 6.64. The van der Waals surface area contributed by atoms with E-state index in [9.17, 15) is 15.2 Å². The lowest BCUT2D eigenvalue weighted by Crippen LogP contribution is -2.15. The van der Waals surface area contributed by atoms with Gasteiger partial charge in [0, 0.05) is 24.2 Å². The molecule has 0 saturated heterocycles. The highest BCUT2D eigenvalue weighted by Gasteiger charge is 2.24. The van der Waals surface area contributed by atoms with Crippen LogP contribution in [0.4, 0.5) is 11.5 Å². The number of aryl methyl sites for hydroxylation is 2. The number of aliphatic hydroxyl groups excluding tert-OH is 1. The summed E-state index contributed by atoms with van der Waals surface area (Å²) in [6.07, 6.45) is -0.881. The van der Waals surface area contributed by atoms with E-state index >= 15 is 0 Å². The third-order valence-corrected chi connectivity index (χ3v) is 3.44. The van der Waals surface area contributed by atoms with Gasteiger partial charge in [0.15, 0.2) is 0 Å². The van der Waals surface area contributed by atoms with E-state index in [0.717, 1.165) is 0 Å². The lowest BCUT2D eigenvalue weighted by Gasteiger charge is -2.14. The minimum absolute atomic E-state index is 0.0869. The van der Waals surface area contributed by atoms with Crippen LogP contribution < -0.4 is 5.32 Å². The molecule has 0 aliphatic rings. The molecule has 2 aromatic rings. The van der Waals surface area contributed by atoms with Crippen LogP contribution in [0.25, 0.3) is 0 Å². The van der Waals surface area contributed by atoms with Crippen LogP contribution in [-0.2, 0) is 7.05 Å². The molecule has 0 fully saturated rings. The highest BCUT2D eigenvalue weighted by atomic mass is 35.5. The second-order valence-corrected chi connectivity index (χ2v) is 4.99. The van der Waals surface area contributed by atoms with Gasteiger partial charge in [0.1, 0.15) is 5.69 Å². The van der Waals surface area contributed by atoms with Crippen LogP contribution in [0.3, 0.4) is 0 Å². The Morgan fingerprint density at radius 3 is 2.81 bits per heavy atom. The van der Waals surface area contributed by atoms with Crippen LogP contribution in [0.15, 0.2) is 24.3 Å². The van der Waals surface area contributed by atoms with Crippen LogP contribution in [-0.4, -0.2) is 26.4 Å². The summed E-state index contributed by atoms with van der Waals surface area (Å²) in [6, 6.07) is 6.91. The van der Waals surface area contributed by atoms with Crippen LogP contribution >= 0.6 is 11.6 Å². The van der Waals surface area contributed by atoms with Gasteiger partial charge in [-0.25, -0.2) is 4.68 Å². The lowest BCUT2D eigenvalue weighted by atomic mass is 10.1. The van der Waals surface area contributed by atoms with E-state index in [1.807, 2.05) is 0 Å². The number of halogens is 1. The normalized spacial score (nSPS) is 12.2. The fraction of sp³-hybridized carbons (Fsp3) is 0.308. The summed E-state index contributed by atoms with van der Waals surface area (Å²) in [5.41, 5.74) is 0.786. The number of aromatic nitrogens is 2. The molecule has 1 heterocycles. The number of benzene rings is 1. The van der Waals surface area contributed by atoms with Crippen LogP contribution in [0.5, 0.6) is 0 Å². The van der Waals surface area contributed by atoms with Crippen molar-refractivity contribution in [3.8, 4) is 0 Å². The predicted octanol–water partition coefficient (Wildman–Crippen LogP) is 2.44. The molecular formula is C13H15ClN4O3. The number of nitro groups is 1. The first-order valence-electron chi connectivity index (χ1n) is 6.26. The minimum atomic E-state index is -0.881. The molecule has 0 aliphatic carbocycles. The molecule has 8 heteroatoms. The molecule has 0 spiro atoms. The lowest BCUT2D eigenvalue weighted by molar-refractivity contribution is -0.384. The van der Waals surface area contributed by atoms with Crippen LogP contribution in [0, 0.1) is 17.0 Å². The fourth-order valence-electron chi connectivity index (χ4n) is 2.11. The zero-order valence-corrected chi connectivity index (χ0v) is 12.3. The third-order valence-electron chi connectivity index (χ3n) is 3.10. The first-order chi connectivity index (χ1) is 9.91. The molecule has 2 N–H and O–H groups in total. The fourth-order valence-corrected chi connectivity index (χ4v) is 2.37. The Balaban J connectivity index is 2.17. The molecule has 0 bridgehead atoms. The topological polar surface area (TPSA) is 93.2 Å². The van der Waals surface area contributed by atoms with E-state index in [4.69, 9.17) is 11.6 Å². The van der Waals surface area contributed by atoms with Crippen molar-refractivity contribution in [1.82, 2.24) is 9.78 Å². The molecule has 1 aromatic carbocycles. The Kier molecular flexibility index (Phi) is 4.44. The molecule has 0 saturated carbocycles. The predicted molar refractivity (Wildman–Crippen MR) is 79.5 cm³/mol. The van der Waals surface area contributed by atoms with Crippen molar-refractivity contribution < 1.29 is 10.0 Å². The van der Waals surface area contributed by atoms with E-state index < -0.39 is 11.0 Å². The average molecular weight is 311 g/mol. The molecule has 0 radical (unpaired) electrons. The summed E-state index contributed by atoms with van der Waals surface area (Å²) in [5.74, 6) is 0.253. The van der Waals surface area contributed by atoms with Gasteiger partial charge in [-0.1, -0.05) is 29.8 Å². The molecule has 1 unspecified atom stereocenters. The van der Waals surface area contributed by atoms with E-state index in [0.29, 0.717) is 16.3 Å². The molecular weight excluding hydrogens is 296 g/mol. The van der Waals surface area contributed by atoms with Crippen molar-refractivity contribution in [1.29, 1.82) is 0 Å². The summed E-state index contributed by atoms with van der Waals surface area (Å²) in [4.78, 5) is 10.6. The van der Waals surface area contributed by atoms with Crippen molar-refractivity contribution >= 4 is 23.1 Å². The second-order valence-electron chi connectivity index (χ2n) is 4.58. The molecule has 1 atom stereocenters. The van der Waals surface area contributed by atoms with Gasteiger partial charge in [-0.05, 0) is 13.0 Å². The van der Waals surface area contributed by atoms with Gasteiger partial charge in [-0.3, -0.25) is 10.1 Å². The third kappa shape index (κ3) is 3.14. The maximum atomic E-state index is 11.1. The maximum Gasteiger partial charge on any atom is 0.333 e. The van der Waals surface area contributed by atoms with Crippen molar-refractivity contribution in [3.05, 3.63) is 50.7 Å². The first kappa shape index (κ1) is 15.3. The number of rotatable bonds is 5. The summed E-state index contributed by atoms with van der Waals surface area (Å²) in [5, 5.41) is 28.5. The zero-order chi connectivity index (χ0) is 15.6. The molecule has 1 aromatic heterocycles. The van der Waals surface area contributed by atoms with Gasteiger partial charge < -0.3 is 10.4 Å². The highest BCUT2D eigenvalue weighted by molar-refractivity contribution is 6.31. The Morgan fingerprint density at radius 2 is 2.19 bits per heavy atom. The summed E-state index contributed by atoms with van der Waals surface area (Å²) >= 11 is 6.00. The molecule has 112 valence electrons. The van der Waals surface area contributed by atoms with Gasteiger partial charge in [-0.15, -0.1) is 0 Å². The summed E-state index contributed by atoms with van der Waals surface area (Å²) in [6.45, 7) is 1.65. The Labute approximate surface area is 126 Å². The van der Waals surface area contributed by atoms with E-state index in [1.165, 1.54) is 4.68 Å². The van der Waals surface area contributed by atoms with Crippen molar-refractivity contribution in [2.45, 2.75) is 13.0 Å². The Morgan fingerprint density at radius 1 is 1.52 bits per heavy atom. The summed E-state index contributed by atoms with van der Waals surface area (Å²) in [7, 11) is 1.60. The van der Waals surface area contributed by atoms with E-state index in [-0.39, 0.29) is 18.1 Å². The second kappa shape index (κ2) is 6.11. The number of anilines is 1. The molecule has 2 rings (SSSR count). The smallest absolute Gasteiger partial charge is 0.333 e. The van der Waals surface area contributed by atoms with Crippen LogP contribution in [0.2, 0.25) is 5.02 Å². The minimum Gasteiger partial charge on any atom is -0.387 e. The number of nitrogens with one attached hydrogen (secondary N) is 1. The molecule has 0 amide bonds. The quantitative estimate of drug-likeness (QED) is 0.653. The number of hydrogen-bond donors (Lipinski definition) is 2. The van der Waals surface area contributed by atoms with Gasteiger partial charge in [-0.2, -0.15) is 5.10 Å². The average Bonchev–Trinajstić information content (AvgIpc) is 2.70. The Bertz CT molecular complexity index is 671. The van der Waals surface area contributed by atoms with Gasteiger partial charge >= 0.3 is 5.69 Å². The maximum absolute atomic E-state index is 11.1. The zero-order valence-electron chi connectivity index (χ0n) is 11.6. The van der Waals surface area contributed by atoms with Crippen molar-refractivity contribution in [2.75, 3.05) is 11.9 Å². The van der Waals surface area contributed by atoms with Crippen molar-refractivity contribution in [3.63, 3.8) is 0 Å². The highest BCUT2D eigenvalue weighted by Crippen LogP contribution is 2.28. The molecule has 7 nitrogen and oxygen atoms in total. The van der Waals surface area contributed by atoms with E-state index in [2.05, 4.69) is 10.4 Å². The monoisotopic (exact) mass is 310 g/mol. The summed E-state index contributed by atoms with van der Waals surface area (Å²) < 4.78 is 1.38. The van der Waals surface area contributed by atoms with Gasteiger partial charge in [0.25, 0.3) is 0 Å². The van der Waals surface area contributed by atoms with Crippen LogP contribution in [0.1, 0.15) is 17.4 Å². The van der Waals surface area contributed by atoms with Gasteiger partial charge in [0.2, 0.25) is 5.82 Å². The number of aliphatic hydroxyl groups is 1. The van der Waals surface area contributed by atoms with Crippen molar-refractivity contribution in [2.24, 2.45) is 7.05 Å². The molecule has 21 heavy (non-hydrogen) atoms.